The first-order valence-corrected chi connectivity index (χ1v) is 10.1. The second-order valence-corrected chi connectivity index (χ2v) is 7.49. The standard InChI is InChI=1S/C24H16N4O6/c1-14(29)21-23(19-6-3-7-20(28(33)34)22(19)24(21)30)26-17-10-8-16(9-11-17)25-13-15-4-2-5-18(12-15)27(31)32/h2-13,21H,1H3/t21-/m1/s1. The molecule has 10 heteroatoms. The van der Waals surface area contributed by atoms with Crippen LogP contribution < -0.4 is 0 Å². The van der Waals surface area contributed by atoms with E-state index in [9.17, 15) is 29.8 Å². The number of hydrogen-bond acceptors (Lipinski definition) is 8. The molecular formula is C24H16N4O6. The maximum absolute atomic E-state index is 12.8. The molecule has 0 aliphatic heterocycles. The van der Waals surface area contributed by atoms with Crippen molar-refractivity contribution in [3.05, 3.63) is 104 Å². The number of nitro groups is 2. The molecule has 0 N–H and O–H groups in total. The third-order valence-electron chi connectivity index (χ3n) is 5.25. The molecule has 10 nitrogen and oxygen atoms in total. The van der Waals surface area contributed by atoms with Crippen molar-refractivity contribution in [3.63, 3.8) is 0 Å². The minimum absolute atomic E-state index is 0.0400. The van der Waals surface area contributed by atoms with Crippen LogP contribution in [0.15, 0.2) is 76.7 Å². The molecule has 3 aromatic rings. The Hall–Kier alpha value is -4.86. The van der Waals surface area contributed by atoms with Gasteiger partial charge in [0, 0.05) is 30.0 Å². The molecule has 0 fully saturated rings. The van der Waals surface area contributed by atoms with Crippen molar-refractivity contribution in [1.82, 2.24) is 0 Å². The Morgan fingerprint density at radius 2 is 1.62 bits per heavy atom. The molecule has 0 unspecified atom stereocenters. The summed E-state index contributed by atoms with van der Waals surface area (Å²) in [7, 11) is 0. The van der Waals surface area contributed by atoms with Crippen LogP contribution in [0.25, 0.3) is 0 Å². The third kappa shape index (κ3) is 4.24. The molecule has 0 amide bonds. The van der Waals surface area contributed by atoms with Gasteiger partial charge in [-0.3, -0.25) is 39.8 Å². The van der Waals surface area contributed by atoms with Gasteiger partial charge < -0.3 is 0 Å². The topological polar surface area (TPSA) is 145 Å². The molecule has 0 saturated heterocycles. The molecule has 0 spiro atoms. The second kappa shape index (κ2) is 8.94. The molecule has 0 saturated carbocycles. The van der Waals surface area contributed by atoms with E-state index >= 15 is 0 Å². The number of aliphatic imine (C=N–C) groups is 2. The van der Waals surface area contributed by atoms with E-state index in [4.69, 9.17) is 0 Å². The molecule has 3 aromatic carbocycles. The number of non-ortho nitro benzene ring substituents is 1. The zero-order valence-corrected chi connectivity index (χ0v) is 17.7. The van der Waals surface area contributed by atoms with Crippen LogP contribution in [-0.4, -0.2) is 33.3 Å². The quantitative estimate of drug-likeness (QED) is 0.226. The number of benzene rings is 3. The van der Waals surface area contributed by atoms with Gasteiger partial charge in [0.05, 0.1) is 26.9 Å². The molecule has 1 aliphatic carbocycles. The summed E-state index contributed by atoms with van der Waals surface area (Å²) >= 11 is 0. The Balaban J connectivity index is 1.66. The number of ketones is 2. The number of hydrogen-bond donors (Lipinski definition) is 0. The summed E-state index contributed by atoms with van der Waals surface area (Å²) in [6, 6.07) is 16.8. The van der Waals surface area contributed by atoms with Gasteiger partial charge in [-0.15, -0.1) is 0 Å². The molecule has 0 heterocycles. The number of fused-ring (bicyclic) bond motifs is 1. The number of carbonyl (C=O) groups is 2. The summed E-state index contributed by atoms with van der Waals surface area (Å²) < 4.78 is 0. The first-order valence-electron chi connectivity index (χ1n) is 10.1. The van der Waals surface area contributed by atoms with Crippen LogP contribution in [0.4, 0.5) is 22.7 Å². The highest BCUT2D eigenvalue weighted by atomic mass is 16.6. The van der Waals surface area contributed by atoms with Gasteiger partial charge in [0.1, 0.15) is 17.3 Å². The largest absolute Gasteiger partial charge is 0.299 e. The highest BCUT2D eigenvalue weighted by Crippen LogP contribution is 2.36. The fourth-order valence-electron chi connectivity index (χ4n) is 3.71. The predicted molar refractivity (Wildman–Crippen MR) is 125 cm³/mol. The smallest absolute Gasteiger partial charge is 0.280 e. The van der Waals surface area contributed by atoms with Gasteiger partial charge in [-0.1, -0.05) is 24.3 Å². The highest BCUT2D eigenvalue weighted by molar-refractivity contribution is 6.38. The van der Waals surface area contributed by atoms with E-state index in [1.807, 2.05) is 0 Å². The molecule has 1 atom stereocenters. The summed E-state index contributed by atoms with van der Waals surface area (Å²) in [5.41, 5.74) is 1.48. The first-order chi connectivity index (χ1) is 16.3. The van der Waals surface area contributed by atoms with Crippen molar-refractivity contribution < 1.29 is 19.4 Å². The lowest BCUT2D eigenvalue weighted by atomic mass is 9.99. The Labute approximate surface area is 192 Å². The van der Waals surface area contributed by atoms with Crippen LogP contribution in [0.3, 0.4) is 0 Å². The Kier molecular flexibility index (Phi) is 5.88. The monoisotopic (exact) mass is 456 g/mol. The van der Waals surface area contributed by atoms with Gasteiger partial charge in [-0.25, -0.2) is 0 Å². The summed E-state index contributed by atoms with van der Waals surface area (Å²) in [4.78, 5) is 55.0. The first kappa shape index (κ1) is 22.3. The molecule has 0 aromatic heterocycles. The number of rotatable bonds is 6. The maximum Gasteiger partial charge on any atom is 0.280 e. The van der Waals surface area contributed by atoms with Crippen molar-refractivity contribution in [1.29, 1.82) is 0 Å². The highest BCUT2D eigenvalue weighted by Gasteiger charge is 2.43. The van der Waals surface area contributed by atoms with E-state index < -0.39 is 27.3 Å². The average Bonchev–Trinajstić information content (AvgIpc) is 3.10. The lowest BCUT2D eigenvalue weighted by molar-refractivity contribution is -0.385. The molecule has 0 bridgehead atoms. The lowest BCUT2D eigenvalue weighted by Crippen LogP contribution is -2.23. The Morgan fingerprint density at radius 1 is 0.941 bits per heavy atom. The van der Waals surface area contributed by atoms with Crippen molar-refractivity contribution >= 4 is 46.2 Å². The van der Waals surface area contributed by atoms with Gasteiger partial charge in [-0.05, 0) is 36.8 Å². The van der Waals surface area contributed by atoms with Crippen LogP contribution >= 0.6 is 0 Å². The molecule has 4 rings (SSSR count). The minimum atomic E-state index is -1.21. The summed E-state index contributed by atoms with van der Waals surface area (Å²) in [5.74, 6) is -2.29. The molecule has 168 valence electrons. The van der Waals surface area contributed by atoms with Gasteiger partial charge >= 0.3 is 0 Å². The molecule has 0 radical (unpaired) electrons. The van der Waals surface area contributed by atoms with E-state index in [0.29, 0.717) is 16.9 Å². The zero-order valence-electron chi connectivity index (χ0n) is 17.7. The molecule has 34 heavy (non-hydrogen) atoms. The van der Waals surface area contributed by atoms with Crippen LogP contribution in [-0.2, 0) is 4.79 Å². The summed E-state index contributed by atoms with van der Waals surface area (Å²) in [6.45, 7) is 1.25. The van der Waals surface area contributed by atoms with Gasteiger partial charge in [-0.2, -0.15) is 0 Å². The van der Waals surface area contributed by atoms with Gasteiger partial charge in [0.25, 0.3) is 11.4 Å². The average molecular weight is 456 g/mol. The number of carbonyl (C=O) groups excluding carboxylic acids is 2. The van der Waals surface area contributed by atoms with E-state index in [1.54, 1.807) is 42.5 Å². The van der Waals surface area contributed by atoms with E-state index in [1.165, 1.54) is 37.4 Å². The maximum atomic E-state index is 12.8. The third-order valence-corrected chi connectivity index (χ3v) is 5.25. The fraction of sp³-hybridized carbons (Fsp3) is 0.0833. The van der Waals surface area contributed by atoms with Gasteiger partial charge in [0.15, 0.2) is 5.78 Å². The van der Waals surface area contributed by atoms with E-state index in [0.717, 1.165) is 0 Å². The summed E-state index contributed by atoms with van der Waals surface area (Å²) in [5, 5.41) is 22.3. The lowest BCUT2D eigenvalue weighted by Gasteiger charge is -2.06. The second-order valence-electron chi connectivity index (χ2n) is 7.49. The van der Waals surface area contributed by atoms with Crippen molar-refractivity contribution in [2.24, 2.45) is 15.9 Å². The number of Topliss-reactive ketones (excluding diaryl/α,β-unsaturated/α-hetero) is 2. The Morgan fingerprint density at radius 3 is 2.26 bits per heavy atom. The van der Waals surface area contributed by atoms with Crippen LogP contribution in [0.1, 0.15) is 28.4 Å². The van der Waals surface area contributed by atoms with Gasteiger partial charge in [0.2, 0.25) is 0 Å². The fourth-order valence-corrected chi connectivity index (χ4v) is 3.71. The number of nitrogens with zero attached hydrogens (tertiary/aromatic N) is 4. The van der Waals surface area contributed by atoms with Crippen molar-refractivity contribution in [2.45, 2.75) is 6.92 Å². The van der Waals surface area contributed by atoms with Crippen LogP contribution in [0.5, 0.6) is 0 Å². The van der Waals surface area contributed by atoms with Crippen LogP contribution in [0, 0.1) is 26.1 Å². The summed E-state index contributed by atoms with van der Waals surface area (Å²) in [6.07, 6.45) is 1.49. The van der Waals surface area contributed by atoms with Crippen LogP contribution in [0.2, 0.25) is 0 Å². The SMILES string of the molecule is CC(=O)[C@H]1C(=O)c2c(cccc2[N+](=O)[O-])C1=Nc1ccc(N=Cc2cccc([N+](=O)[O-])c2)cc1. The predicted octanol–water partition coefficient (Wildman–Crippen LogP) is 4.78. The van der Waals surface area contributed by atoms with Crippen molar-refractivity contribution in [2.75, 3.05) is 0 Å². The number of nitro benzene ring substituents is 2. The minimum Gasteiger partial charge on any atom is -0.299 e. The molecular weight excluding hydrogens is 440 g/mol. The Bertz CT molecular complexity index is 1410. The van der Waals surface area contributed by atoms with E-state index in [-0.39, 0.29) is 28.2 Å². The van der Waals surface area contributed by atoms with E-state index in [2.05, 4.69) is 9.98 Å². The molecule has 1 aliphatic rings. The normalized spacial score (nSPS) is 16.1. The van der Waals surface area contributed by atoms with Crippen molar-refractivity contribution in [3.8, 4) is 0 Å². The zero-order chi connectivity index (χ0) is 24.4.